The maximum absolute atomic E-state index is 11.2. The zero-order valence-corrected chi connectivity index (χ0v) is 20.7. The third-order valence-electron chi connectivity index (χ3n) is 4.22. The Bertz CT molecular complexity index is 1050. The molecule has 12 nitrogen and oxygen atoms in total. The Hall–Kier alpha value is -4.29. The molecule has 0 fully saturated rings. The van der Waals surface area contributed by atoms with E-state index in [1.54, 1.807) is 30.3 Å². The van der Waals surface area contributed by atoms with Crippen molar-refractivity contribution in [3.63, 3.8) is 0 Å². The molecular formula is C24H27ClN2O10. The SMILES string of the molecule is COC(=O)C(=O)Cl.COC(=O)C(=O)N[C@@H](Cc1ccccc1)C(=O)O.N[C@@H](Cc1ccccc1)C(=O)O. The number of nitrogens with two attached hydrogens (primary N) is 1. The van der Waals surface area contributed by atoms with Crippen LogP contribution in [0.15, 0.2) is 60.7 Å². The van der Waals surface area contributed by atoms with Crippen molar-refractivity contribution in [1.29, 1.82) is 0 Å². The predicted octanol–water partition coefficient (Wildman–Crippen LogP) is 0.537. The number of carboxylic acids is 2. The second-order valence-corrected chi connectivity index (χ2v) is 7.29. The third kappa shape index (κ3) is 14.7. The molecular weight excluding hydrogens is 512 g/mol. The molecule has 0 saturated carbocycles. The number of hydrogen-bond acceptors (Lipinski definition) is 9. The minimum Gasteiger partial charge on any atom is -0.480 e. The zero-order chi connectivity index (χ0) is 28.4. The molecule has 0 bridgehead atoms. The van der Waals surface area contributed by atoms with Crippen molar-refractivity contribution in [1.82, 2.24) is 5.32 Å². The number of amides is 1. The van der Waals surface area contributed by atoms with E-state index >= 15 is 0 Å². The number of aliphatic carboxylic acids is 2. The highest BCUT2D eigenvalue weighted by Crippen LogP contribution is 2.04. The number of carbonyl (C=O) groups excluding carboxylic acids is 4. The summed E-state index contributed by atoms with van der Waals surface area (Å²) in [6.45, 7) is 0. The summed E-state index contributed by atoms with van der Waals surface area (Å²) in [7, 11) is 2.14. The zero-order valence-electron chi connectivity index (χ0n) is 20.0. The fourth-order valence-electron chi connectivity index (χ4n) is 2.40. The highest BCUT2D eigenvalue weighted by Gasteiger charge is 2.24. The topological polar surface area (TPSA) is 199 Å². The lowest BCUT2D eigenvalue weighted by Crippen LogP contribution is -2.45. The van der Waals surface area contributed by atoms with Gasteiger partial charge in [-0.15, -0.1) is 0 Å². The van der Waals surface area contributed by atoms with Gasteiger partial charge in [0.1, 0.15) is 12.1 Å². The fourth-order valence-corrected chi connectivity index (χ4v) is 2.47. The first-order chi connectivity index (χ1) is 17.4. The minimum absolute atomic E-state index is 0.0961. The predicted molar refractivity (Wildman–Crippen MR) is 130 cm³/mol. The van der Waals surface area contributed by atoms with Crippen molar-refractivity contribution >= 4 is 46.6 Å². The van der Waals surface area contributed by atoms with Gasteiger partial charge < -0.3 is 30.7 Å². The van der Waals surface area contributed by atoms with Gasteiger partial charge in [-0.3, -0.25) is 14.4 Å². The third-order valence-corrected chi connectivity index (χ3v) is 4.37. The highest BCUT2D eigenvalue weighted by molar-refractivity contribution is 6.80. The Balaban J connectivity index is 0.000000586. The number of hydrogen-bond donors (Lipinski definition) is 4. The fraction of sp³-hybridized carbons (Fsp3) is 0.250. The Labute approximate surface area is 217 Å². The first-order valence-electron chi connectivity index (χ1n) is 10.4. The van der Waals surface area contributed by atoms with E-state index in [0.717, 1.165) is 25.3 Å². The number of benzene rings is 2. The number of ether oxygens (including phenoxy) is 2. The molecule has 0 saturated heterocycles. The number of rotatable bonds is 8. The molecule has 0 aliphatic heterocycles. The van der Waals surface area contributed by atoms with Crippen LogP contribution < -0.4 is 11.1 Å². The van der Waals surface area contributed by atoms with Crippen LogP contribution in [0.25, 0.3) is 0 Å². The average molecular weight is 539 g/mol. The maximum Gasteiger partial charge on any atom is 0.396 e. The summed E-state index contributed by atoms with van der Waals surface area (Å²) in [5.41, 5.74) is 7.05. The van der Waals surface area contributed by atoms with Gasteiger partial charge >= 0.3 is 35.0 Å². The van der Waals surface area contributed by atoms with Gasteiger partial charge in [-0.05, 0) is 29.1 Å². The molecule has 2 atom stereocenters. The van der Waals surface area contributed by atoms with Gasteiger partial charge in [0.2, 0.25) is 0 Å². The lowest BCUT2D eigenvalue weighted by Gasteiger charge is -2.13. The van der Waals surface area contributed by atoms with Crippen LogP contribution in [0.1, 0.15) is 11.1 Å². The molecule has 2 aromatic rings. The van der Waals surface area contributed by atoms with E-state index in [0.29, 0.717) is 6.42 Å². The normalized spacial score (nSPS) is 11.0. The summed E-state index contributed by atoms with van der Waals surface area (Å²) in [6.07, 6.45) is 0.481. The van der Waals surface area contributed by atoms with Gasteiger partial charge in [0, 0.05) is 6.42 Å². The molecule has 2 rings (SSSR count). The quantitative estimate of drug-likeness (QED) is 0.207. The molecule has 0 aliphatic carbocycles. The Morgan fingerprint density at radius 2 is 1.22 bits per heavy atom. The van der Waals surface area contributed by atoms with Crippen molar-refractivity contribution in [2.45, 2.75) is 24.9 Å². The van der Waals surface area contributed by atoms with E-state index in [-0.39, 0.29) is 6.42 Å². The lowest BCUT2D eigenvalue weighted by atomic mass is 10.1. The Morgan fingerprint density at radius 3 is 1.54 bits per heavy atom. The van der Waals surface area contributed by atoms with E-state index in [4.69, 9.17) is 15.9 Å². The minimum atomic E-state index is -1.21. The number of carboxylic acid groups (broad SMARTS) is 2. The van der Waals surface area contributed by atoms with E-state index in [1.807, 2.05) is 30.3 Å². The van der Waals surface area contributed by atoms with Gasteiger partial charge in [0.05, 0.1) is 14.2 Å². The van der Waals surface area contributed by atoms with Crippen molar-refractivity contribution in [2.24, 2.45) is 5.73 Å². The Kier molecular flexibility index (Phi) is 16.0. The molecule has 200 valence electrons. The van der Waals surface area contributed by atoms with Crippen molar-refractivity contribution in [3.05, 3.63) is 71.8 Å². The molecule has 0 aliphatic rings. The van der Waals surface area contributed by atoms with Gasteiger partial charge in [-0.2, -0.15) is 0 Å². The molecule has 0 aromatic heterocycles. The molecule has 0 unspecified atom stereocenters. The molecule has 1 amide bonds. The second kappa shape index (κ2) is 18.0. The summed E-state index contributed by atoms with van der Waals surface area (Å²) in [6, 6.07) is 16.2. The Morgan fingerprint density at radius 1 is 0.784 bits per heavy atom. The summed E-state index contributed by atoms with van der Waals surface area (Å²) in [5.74, 6) is -5.38. The smallest absolute Gasteiger partial charge is 0.396 e. The molecule has 0 radical (unpaired) electrons. The molecule has 0 heterocycles. The lowest BCUT2D eigenvalue weighted by molar-refractivity contribution is -0.154. The van der Waals surface area contributed by atoms with Crippen LogP contribution in [-0.4, -0.2) is 71.5 Å². The standard InChI is InChI=1S/C12H13NO5.C9H11NO2.C3H3ClO3/c1-18-12(17)10(14)13-9(11(15)16)7-8-5-3-2-4-6-8;10-8(9(11)12)6-7-4-2-1-3-5-7;1-7-3(6)2(4)5/h2-6,9H,7H2,1H3,(H,13,14)(H,15,16);1-5,8H,6,10H2,(H,11,12);1H3/t9-;8-;/m00./s1. The van der Waals surface area contributed by atoms with Crippen LogP contribution in [0, 0.1) is 0 Å². The van der Waals surface area contributed by atoms with E-state index < -0.39 is 47.1 Å². The summed E-state index contributed by atoms with van der Waals surface area (Å²) >= 11 is 4.61. The van der Waals surface area contributed by atoms with Crippen LogP contribution >= 0.6 is 11.6 Å². The van der Waals surface area contributed by atoms with Crippen LogP contribution in [0.5, 0.6) is 0 Å². The number of halogens is 1. The van der Waals surface area contributed by atoms with E-state index in [2.05, 4.69) is 26.4 Å². The summed E-state index contributed by atoms with van der Waals surface area (Å²) in [5, 5.41) is 18.5. The van der Waals surface area contributed by atoms with Crippen molar-refractivity contribution in [2.75, 3.05) is 14.2 Å². The maximum atomic E-state index is 11.2. The van der Waals surface area contributed by atoms with Gasteiger partial charge in [0.25, 0.3) is 0 Å². The van der Waals surface area contributed by atoms with E-state index in [9.17, 15) is 28.8 Å². The molecule has 37 heavy (non-hydrogen) atoms. The first kappa shape index (κ1) is 32.7. The monoisotopic (exact) mass is 538 g/mol. The van der Waals surface area contributed by atoms with Gasteiger partial charge in [-0.1, -0.05) is 60.7 Å². The average Bonchev–Trinajstić information content (AvgIpc) is 2.88. The van der Waals surface area contributed by atoms with Crippen molar-refractivity contribution < 1.29 is 48.5 Å². The first-order valence-corrected chi connectivity index (χ1v) is 10.8. The molecule has 0 spiro atoms. The highest BCUT2D eigenvalue weighted by atomic mass is 35.5. The summed E-state index contributed by atoms with van der Waals surface area (Å²) in [4.78, 5) is 63.0. The van der Waals surface area contributed by atoms with Crippen LogP contribution in [0.3, 0.4) is 0 Å². The van der Waals surface area contributed by atoms with Crippen LogP contribution in [-0.2, 0) is 51.1 Å². The second-order valence-electron chi connectivity index (χ2n) is 6.95. The molecule has 2 aromatic carbocycles. The van der Waals surface area contributed by atoms with Crippen LogP contribution in [0.2, 0.25) is 0 Å². The van der Waals surface area contributed by atoms with Gasteiger partial charge in [-0.25, -0.2) is 14.4 Å². The number of esters is 2. The molecule has 13 heteroatoms. The number of nitrogens with one attached hydrogen (secondary N) is 1. The largest absolute Gasteiger partial charge is 0.480 e. The summed E-state index contributed by atoms with van der Waals surface area (Å²) < 4.78 is 8.09. The molecule has 5 N–H and O–H groups in total. The van der Waals surface area contributed by atoms with Crippen molar-refractivity contribution in [3.8, 4) is 0 Å². The van der Waals surface area contributed by atoms with Gasteiger partial charge in [0.15, 0.2) is 0 Å². The number of methoxy groups -OCH3 is 2. The van der Waals surface area contributed by atoms with E-state index in [1.165, 1.54) is 0 Å². The van der Waals surface area contributed by atoms with Crippen LogP contribution in [0.4, 0.5) is 0 Å². The number of carbonyl (C=O) groups is 6.